The average molecular weight is 386 g/mol. The van der Waals surface area contributed by atoms with Crippen LogP contribution in [0.1, 0.15) is 28.4 Å². The first-order chi connectivity index (χ1) is 14.0. The van der Waals surface area contributed by atoms with Crippen molar-refractivity contribution in [2.24, 2.45) is 0 Å². The number of fused-ring (bicyclic) bond motifs is 1. The van der Waals surface area contributed by atoms with Gasteiger partial charge in [0, 0.05) is 17.3 Å². The number of carbonyl (C=O) groups excluding carboxylic acids is 2. The number of ether oxygens (including phenoxy) is 1. The van der Waals surface area contributed by atoms with Crippen molar-refractivity contribution in [1.82, 2.24) is 0 Å². The molecule has 0 aromatic heterocycles. The van der Waals surface area contributed by atoms with E-state index >= 15 is 0 Å². The van der Waals surface area contributed by atoms with E-state index in [1.54, 1.807) is 36.1 Å². The lowest BCUT2D eigenvalue weighted by molar-refractivity contribution is -0.125. The first kappa shape index (κ1) is 18.7. The monoisotopic (exact) mass is 386 g/mol. The molecule has 146 valence electrons. The van der Waals surface area contributed by atoms with E-state index in [1.807, 2.05) is 55.5 Å². The number of hydrogen-bond acceptors (Lipinski definition) is 3. The quantitative estimate of drug-likeness (QED) is 0.715. The maximum atomic E-state index is 12.7. The predicted octanol–water partition coefficient (Wildman–Crippen LogP) is 4.56. The molecule has 2 amide bonds. The van der Waals surface area contributed by atoms with Crippen molar-refractivity contribution in [3.8, 4) is 5.75 Å². The highest BCUT2D eigenvalue weighted by Gasteiger charge is 2.31. The van der Waals surface area contributed by atoms with E-state index in [0.29, 0.717) is 29.2 Å². The summed E-state index contributed by atoms with van der Waals surface area (Å²) < 4.78 is 5.81. The van der Waals surface area contributed by atoms with Crippen LogP contribution in [-0.4, -0.2) is 17.9 Å². The van der Waals surface area contributed by atoms with Crippen LogP contribution in [0.2, 0.25) is 0 Å². The zero-order chi connectivity index (χ0) is 20.4. The molecule has 4 rings (SSSR count). The molecule has 1 unspecified atom stereocenters. The third kappa shape index (κ3) is 3.99. The van der Waals surface area contributed by atoms with E-state index in [4.69, 9.17) is 4.74 Å². The Morgan fingerprint density at radius 1 is 1.03 bits per heavy atom. The van der Waals surface area contributed by atoms with Gasteiger partial charge in [0.15, 0.2) is 6.10 Å². The molecule has 0 spiro atoms. The molecule has 1 aliphatic heterocycles. The lowest BCUT2D eigenvalue weighted by atomic mass is 10.1. The van der Waals surface area contributed by atoms with Gasteiger partial charge < -0.3 is 15.0 Å². The van der Waals surface area contributed by atoms with E-state index in [1.165, 1.54) is 0 Å². The van der Waals surface area contributed by atoms with Gasteiger partial charge >= 0.3 is 0 Å². The van der Waals surface area contributed by atoms with Crippen molar-refractivity contribution in [3.63, 3.8) is 0 Å². The van der Waals surface area contributed by atoms with Gasteiger partial charge in [-0.2, -0.15) is 0 Å². The van der Waals surface area contributed by atoms with Crippen LogP contribution in [0.3, 0.4) is 0 Å². The van der Waals surface area contributed by atoms with Crippen LogP contribution in [0, 0.1) is 6.92 Å². The Hall–Kier alpha value is -3.60. The Morgan fingerprint density at radius 2 is 1.76 bits per heavy atom. The number of nitrogens with one attached hydrogen (secondary N) is 1. The lowest BCUT2D eigenvalue weighted by Gasteiger charge is -2.33. The van der Waals surface area contributed by atoms with Crippen LogP contribution >= 0.6 is 0 Å². The number of anilines is 2. The number of amides is 2. The van der Waals surface area contributed by atoms with Gasteiger partial charge in [0.1, 0.15) is 5.75 Å². The highest BCUT2D eigenvalue weighted by atomic mass is 16.5. The van der Waals surface area contributed by atoms with Gasteiger partial charge in [0.2, 0.25) is 0 Å². The Balaban J connectivity index is 1.58. The number of nitrogens with zero attached hydrogens (tertiary/aromatic N) is 1. The van der Waals surface area contributed by atoms with Gasteiger partial charge in [-0.3, -0.25) is 9.59 Å². The van der Waals surface area contributed by atoms with Crippen LogP contribution in [-0.2, 0) is 11.3 Å². The van der Waals surface area contributed by atoms with Crippen molar-refractivity contribution >= 4 is 23.2 Å². The second-order valence-electron chi connectivity index (χ2n) is 7.17. The van der Waals surface area contributed by atoms with Gasteiger partial charge in [-0.1, -0.05) is 48.0 Å². The molecule has 0 saturated heterocycles. The van der Waals surface area contributed by atoms with Crippen LogP contribution < -0.4 is 15.0 Å². The highest BCUT2D eigenvalue weighted by molar-refractivity contribution is 6.05. The molecule has 29 heavy (non-hydrogen) atoms. The first-order valence-corrected chi connectivity index (χ1v) is 9.55. The van der Waals surface area contributed by atoms with Crippen molar-refractivity contribution < 1.29 is 14.3 Å². The van der Waals surface area contributed by atoms with Gasteiger partial charge in [-0.05, 0) is 43.7 Å². The van der Waals surface area contributed by atoms with E-state index in [0.717, 1.165) is 11.1 Å². The fourth-order valence-corrected chi connectivity index (χ4v) is 3.33. The summed E-state index contributed by atoms with van der Waals surface area (Å²) in [5, 5.41) is 2.90. The normalized spacial score (nSPS) is 15.4. The molecule has 1 N–H and O–H groups in total. The highest BCUT2D eigenvalue weighted by Crippen LogP contribution is 2.37. The SMILES string of the molecule is Cc1ccc(C(=O)Nc2ccc3c(c2)OC(C)C(=O)N3Cc2ccccc2)cc1. The predicted molar refractivity (Wildman–Crippen MR) is 113 cm³/mol. The molecule has 3 aromatic rings. The fourth-order valence-electron chi connectivity index (χ4n) is 3.33. The summed E-state index contributed by atoms with van der Waals surface area (Å²) in [4.78, 5) is 26.9. The molecule has 0 fully saturated rings. The maximum Gasteiger partial charge on any atom is 0.268 e. The summed E-state index contributed by atoms with van der Waals surface area (Å²) in [7, 11) is 0. The summed E-state index contributed by atoms with van der Waals surface area (Å²) in [6, 6.07) is 22.6. The Bertz CT molecular complexity index is 1050. The largest absolute Gasteiger partial charge is 0.479 e. The Labute approximate surface area is 169 Å². The molecule has 0 radical (unpaired) electrons. The summed E-state index contributed by atoms with van der Waals surface area (Å²) in [5.74, 6) is 0.304. The van der Waals surface area contributed by atoms with Crippen molar-refractivity contribution in [1.29, 1.82) is 0 Å². The van der Waals surface area contributed by atoms with E-state index in [-0.39, 0.29) is 11.8 Å². The maximum absolute atomic E-state index is 12.7. The zero-order valence-electron chi connectivity index (χ0n) is 16.4. The van der Waals surface area contributed by atoms with Gasteiger partial charge in [-0.15, -0.1) is 0 Å². The second-order valence-corrected chi connectivity index (χ2v) is 7.17. The molecule has 0 saturated carbocycles. The van der Waals surface area contributed by atoms with E-state index in [9.17, 15) is 9.59 Å². The summed E-state index contributed by atoms with van der Waals surface area (Å²) >= 11 is 0. The molecule has 3 aromatic carbocycles. The molecule has 0 aliphatic carbocycles. The van der Waals surface area contributed by atoms with Crippen molar-refractivity contribution in [2.75, 3.05) is 10.2 Å². The summed E-state index contributed by atoms with van der Waals surface area (Å²) in [5.41, 5.74) is 4.04. The number of aryl methyl sites for hydroxylation is 1. The standard InChI is InChI=1S/C24H22N2O3/c1-16-8-10-19(11-9-16)23(27)25-20-12-13-21-22(14-20)29-17(2)24(28)26(21)15-18-6-4-3-5-7-18/h3-14,17H,15H2,1-2H3,(H,25,27). The van der Waals surface area contributed by atoms with Crippen molar-refractivity contribution in [2.45, 2.75) is 26.5 Å². The molecule has 1 aliphatic rings. The lowest BCUT2D eigenvalue weighted by Crippen LogP contribution is -2.44. The second kappa shape index (κ2) is 7.80. The molecule has 1 heterocycles. The van der Waals surface area contributed by atoms with Crippen LogP contribution in [0.5, 0.6) is 5.75 Å². The topological polar surface area (TPSA) is 58.6 Å². The van der Waals surface area contributed by atoms with Gasteiger partial charge in [-0.25, -0.2) is 0 Å². The molecular formula is C24H22N2O3. The number of hydrogen-bond donors (Lipinski definition) is 1. The van der Waals surface area contributed by atoms with Crippen LogP contribution in [0.15, 0.2) is 72.8 Å². The number of rotatable bonds is 4. The summed E-state index contributed by atoms with van der Waals surface area (Å²) in [6.07, 6.45) is -0.589. The van der Waals surface area contributed by atoms with Gasteiger partial charge in [0.25, 0.3) is 11.8 Å². The van der Waals surface area contributed by atoms with E-state index in [2.05, 4.69) is 5.32 Å². The van der Waals surface area contributed by atoms with Gasteiger partial charge in [0.05, 0.1) is 12.2 Å². The minimum atomic E-state index is -0.589. The smallest absolute Gasteiger partial charge is 0.268 e. The molecular weight excluding hydrogens is 364 g/mol. The Morgan fingerprint density at radius 3 is 2.48 bits per heavy atom. The number of carbonyl (C=O) groups is 2. The average Bonchev–Trinajstić information content (AvgIpc) is 2.72. The first-order valence-electron chi connectivity index (χ1n) is 9.55. The third-order valence-electron chi connectivity index (χ3n) is 4.92. The molecule has 1 atom stereocenters. The fraction of sp³-hybridized carbons (Fsp3) is 0.167. The number of benzene rings is 3. The Kier molecular flexibility index (Phi) is 5.04. The minimum absolute atomic E-state index is 0.0854. The summed E-state index contributed by atoms with van der Waals surface area (Å²) in [6.45, 7) is 4.18. The van der Waals surface area contributed by atoms with E-state index < -0.39 is 6.10 Å². The van der Waals surface area contributed by atoms with Crippen molar-refractivity contribution in [3.05, 3.63) is 89.5 Å². The van der Waals surface area contributed by atoms with Crippen LogP contribution in [0.4, 0.5) is 11.4 Å². The molecule has 0 bridgehead atoms. The minimum Gasteiger partial charge on any atom is -0.479 e. The molecule has 5 nitrogen and oxygen atoms in total. The molecule has 5 heteroatoms. The third-order valence-corrected chi connectivity index (χ3v) is 4.92. The zero-order valence-corrected chi connectivity index (χ0v) is 16.4. The van der Waals surface area contributed by atoms with Crippen LogP contribution in [0.25, 0.3) is 0 Å².